The zero-order valence-corrected chi connectivity index (χ0v) is 12.9. The van der Waals surface area contributed by atoms with Crippen LogP contribution in [0.2, 0.25) is 0 Å². The molecule has 4 N–H and O–H groups in total. The van der Waals surface area contributed by atoms with E-state index in [1.807, 2.05) is 30.3 Å². The Labute approximate surface area is 131 Å². The minimum atomic E-state index is -0.218. The highest BCUT2D eigenvalue weighted by atomic mass is 16.2. The molecule has 120 valence electrons. The summed E-state index contributed by atoms with van der Waals surface area (Å²) >= 11 is 0. The maximum Gasteiger partial charge on any atom is 0.243 e. The summed E-state index contributed by atoms with van der Waals surface area (Å²) in [6.45, 7) is 0.533. The Kier molecular flexibility index (Phi) is 5.95. The summed E-state index contributed by atoms with van der Waals surface area (Å²) in [7, 11) is 0. The van der Waals surface area contributed by atoms with Crippen LogP contribution in [0.15, 0.2) is 30.3 Å². The Balaban J connectivity index is 1.76. The van der Waals surface area contributed by atoms with Crippen LogP contribution in [0.3, 0.4) is 0 Å². The molecule has 1 aromatic rings. The van der Waals surface area contributed by atoms with Crippen molar-refractivity contribution >= 4 is 17.5 Å². The molecule has 0 heterocycles. The van der Waals surface area contributed by atoms with E-state index in [0.29, 0.717) is 13.0 Å². The molecule has 2 amide bonds. The first-order chi connectivity index (χ1) is 10.6. The topological polar surface area (TPSA) is 84.2 Å². The van der Waals surface area contributed by atoms with Gasteiger partial charge in [0.2, 0.25) is 11.8 Å². The van der Waals surface area contributed by atoms with E-state index < -0.39 is 0 Å². The molecule has 5 nitrogen and oxygen atoms in total. The molecule has 0 radical (unpaired) electrons. The third-order valence-corrected chi connectivity index (χ3v) is 4.39. The Bertz CT molecular complexity index is 496. The van der Waals surface area contributed by atoms with Gasteiger partial charge >= 0.3 is 0 Å². The van der Waals surface area contributed by atoms with E-state index in [-0.39, 0.29) is 23.8 Å². The summed E-state index contributed by atoms with van der Waals surface area (Å²) in [5.41, 5.74) is 6.54. The van der Waals surface area contributed by atoms with Crippen molar-refractivity contribution in [3.8, 4) is 0 Å². The van der Waals surface area contributed by atoms with Crippen LogP contribution in [-0.2, 0) is 9.59 Å². The SMILES string of the molecule is NCC1(CC(=O)NCC(=O)Nc2ccccc2)CCCCC1. The maximum atomic E-state index is 12.1. The second kappa shape index (κ2) is 7.94. The van der Waals surface area contributed by atoms with Gasteiger partial charge < -0.3 is 16.4 Å². The molecule has 0 saturated heterocycles. The van der Waals surface area contributed by atoms with Gasteiger partial charge in [0.15, 0.2) is 0 Å². The molecule has 2 rings (SSSR count). The van der Waals surface area contributed by atoms with Gasteiger partial charge in [-0.3, -0.25) is 9.59 Å². The lowest BCUT2D eigenvalue weighted by molar-refractivity contribution is -0.126. The van der Waals surface area contributed by atoms with Crippen LogP contribution in [0.1, 0.15) is 38.5 Å². The molecule has 0 atom stereocenters. The van der Waals surface area contributed by atoms with Crippen molar-refractivity contribution in [1.82, 2.24) is 5.32 Å². The van der Waals surface area contributed by atoms with Crippen LogP contribution >= 0.6 is 0 Å². The largest absolute Gasteiger partial charge is 0.347 e. The van der Waals surface area contributed by atoms with E-state index >= 15 is 0 Å². The van der Waals surface area contributed by atoms with Crippen molar-refractivity contribution in [3.05, 3.63) is 30.3 Å². The van der Waals surface area contributed by atoms with E-state index in [2.05, 4.69) is 10.6 Å². The predicted octanol–water partition coefficient (Wildman–Crippen LogP) is 2.04. The first-order valence-corrected chi connectivity index (χ1v) is 7.95. The van der Waals surface area contributed by atoms with Crippen molar-refractivity contribution in [2.45, 2.75) is 38.5 Å². The average molecular weight is 303 g/mol. The van der Waals surface area contributed by atoms with Gasteiger partial charge in [-0.1, -0.05) is 37.5 Å². The number of anilines is 1. The minimum absolute atomic E-state index is 0.00558. The normalized spacial score (nSPS) is 16.8. The highest BCUT2D eigenvalue weighted by molar-refractivity contribution is 5.94. The molecule has 0 aromatic heterocycles. The number of para-hydroxylation sites is 1. The number of carbonyl (C=O) groups is 2. The molecule has 0 bridgehead atoms. The summed E-state index contributed by atoms with van der Waals surface area (Å²) in [6.07, 6.45) is 5.93. The van der Waals surface area contributed by atoms with Crippen molar-refractivity contribution < 1.29 is 9.59 Å². The second-order valence-electron chi connectivity index (χ2n) is 6.13. The van der Waals surface area contributed by atoms with Crippen molar-refractivity contribution in [2.75, 3.05) is 18.4 Å². The number of rotatable bonds is 6. The predicted molar refractivity (Wildman–Crippen MR) is 87.3 cm³/mol. The van der Waals surface area contributed by atoms with Crippen molar-refractivity contribution in [2.24, 2.45) is 11.1 Å². The van der Waals surface area contributed by atoms with Crippen LogP contribution in [0.4, 0.5) is 5.69 Å². The fraction of sp³-hybridized carbons (Fsp3) is 0.529. The smallest absolute Gasteiger partial charge is 0.243 e. The first kappa shape index (κ1) is 16.5. The molecule has 22 heavy (non-hydrogen) atoms. The summed E-state index contributed by atoms with van der Waals surface area (Å²) < 4.78 is 0. The summed E-state index contributed by atoms with van der Waals surface area (Å²) in [4.78, 5) is 23.9. The van der Waals surface area contributed by atoms with E-state index in [1.165, 1.54) is 6.42 Å². The van der Waals surface area contributed by atoms with Crippen LogP contribution in [-0.4, -0.2) is 24.9 Å². The fourth-order valence-corrected chi connectivity index (χ4v) is 3.06. The molecular formula is C17H25N3O2. The second-order valence-corrected chi connectivity index (χ2v) is 6.13. The van der Waals surface area contributed by atoms with Gasteiger partial charge in [0, 0.05) is 12.1 Å². The third-order valence-electron chi connectivity index (χ3n) is 4.39. The number of amides is 2. The van der Waals surface area contributed by atoms with Gasteiger partial charge in [0.25, 0.3) is 0 Å². The lowest BCUT2D eigenvalue weighted by Crippen LogP contribution is -2.40. The average Bonchev–Trinajstić information content (AvgIpc) is 2.55. The third kappa shape index (κ3) is 4.84. The van der Waals surface area contributed by atoms with Crippen LogP contribution in [0, 0.1) is 5.41 Å². The lowest BCUT2D eigenvalue weighted by atomic mass is 9.71. The quantitative estimate of drug-likeness (QED) is 0.752. The molecular weight excluding hydrogens is 278 g/mol. The standard InChI is InChI=1S/C17H25N3O2/c18-13-17(9-5-2-6-10-17)11-15(21)19-12-16(22)20-14-7-3-1-4-8-14/h1,3-4,7-8H,2,5-6,9-13,18H2,(H,19,21)(H,20,22). The van der Waals surface area contributed by atoms with E-state index in [9.17, 15) is 9.59 Å². The number of hydrogen-bond donors (Lipinski definition) is 3. The summed E-state index contributed by atoms with van der Waals surface area (Å²) in [5, 5.41) is 5.45. The summed E-state index contributed by atoms with van der Waals surface area (Å²) in [6, 6.07) is 9.20. The van der Waals surface area contributed by atoms with Gasteiger partial charge in [-0.2, -0.15) is 0 Å². The Morgan fingerprint density at radius 1 is 1.05 bits per heavy atom. The number of nitrogens with one attached hydrogen (secondary N) is 2. The highest BCUT2D eigenvalue weighted by Gasteiger charge is 2.32. The molecule has 1 aromatic carbocycles. The summed E-state index contributed by atoms with van der Waals surface area (Å²) in [5.74, 6) is -0.305. The number of hydrogen-bond acceptors (Lipinski definition) is 3. The highest BCUT2D eigenvalue weighted by Crippen LogP contribution is 2.38. The van der Waals surface area contributed by atoms with Crippen molar-refractivity contribution in [1.29, 1.82) is 0 Å². The van der Waals surface area contributed by atoms with E-state index in [1.54, 1.807) is 0 Å². The zero-order valence-electron chi connectivity index (χ0n) is 12.9. The molecule has 0 aliphatic heterocycles. The van der Waals surface area contributed by atoms with Gasteiger partial charge in [-0.05, 0) is 36.9 Å². The monoisotopic (exact) mass is 303 g/mol. The first-order valence-electron chi connectivity index (χ1n) is 7.95. The number of benzene rings is 1. The molecule has 1 fully saturated rings. The fourth-order valence-electron chi connectivity index (χ4n) is 3.06. The van der Waals surface area contributed by atoms with Crippen LogP contribution in [0.25, 0.3) is 0 Å². The lowest BCUT2D eigenvalue weighted by Gasteiger charge is -2.35. The number of nitrogens with two attached hydrogens (primary N) is 1. The molecule has 0 spiro atoms. The van der Waals surface area contributed by atoms with Crippen molar-refractivity contribution in [3.63, 3.8) is 0 Å². The van der Waals surface area contributed by atoms with Crippen LogP contribution < -0.4 is 16.4 Å². The molecule has 1 aliphatic rings. The van der Waals surface area contributed by atoms with Gasteiger partial charge in [-0.15, -0.1) is 0 Å². The van der Waals surface area contributed by atoms with Crippen LogP contribution in [0.5, 0.6) is 0 Å². The minimum Gasteiger partial charge on any atom is -0.347 e. The molecule has 1 saturated carbocycles. The molecule has 0 unspecified atom stereocenters. The molecule has 5 heteroatoms. The zero-order chi connectivity index (χ0) is 15.8. The van der Waals surface area contributed by atoms with Gasteiger partial charge in [0.05, 0.1) is 6.54 Å². The van der Waals surface area contributed by atoms with Gasteiger partial charge in [-0.25, -0.2) is 0 Å². The van der Waals surface area contributed by atoms with Gasteiger partial charge in [0.1, 0.15) is 0 Å². The Morgan fingerprint density at radius 2 is 1.73 bits per heavy atom. The Hall–Kier alpha value is -1.88. The number of carbonyl (C=O) groups excluding carboxylic acids is 2. The van der Waals surface area contributed by atoms with E-state index in [0.717, 1.165) is 31.4 Å². The maximum absolute atomic E-state index is 12.1. The molecule has 1 aliphatic carbocycles. The van der Waals surface area contributed by atoms with E-state index in [4.69, 9.17) is 5.73 Å². The Morgan fingerprint density at radius 3 is 2.36 bits per heavy atom.